The quantitative estimate of drug-likeness (QED) is 0.624. The summed E-state index contributed by atoms with van der Waals surface area (Å²) in [6, 6.07) is 4.02. The SMILES string of the molecule is CCOC(=O)/C=C/C(=O)O[C@@H](C)C(=O)Nc1cccc(C(F)(F)F)c1. The first-order valence-electron chi connectivity index (χ1n) is 7.17. The average molecular weight is 359 g/mol. The van der Waals surface area contributed by atoms with Crippen LogP contribution in [0.1, 0.15) is 19.4 Å². The number of amides is 1. The van der Waals surface area contributed by atoms with Gasteiger partial charge < -0.3 is 14.8 Å². The molecule has 1 N–H and O–H groups in total. The molecular formula is C16H16F3NO5. The van der Waals surface area contributed by atoms with Gasteiger partial charge in [-0.15, -0.1) is 0 Å². The van der Waals surface area contributed by atoms with Crippen molar-refractivity contribution >= 4 is 23.5 Å². The van der Waals surface area contributed by atoms with Crippen LogP contribution >= 0.6 is 0 Å². The maximum Gasteiger partial charge on any atom is 0.416 e. The molecule has 0 heterocycles. The normalized spacial score (nSPS) is 12.5. The summed E-state index contributed by atoms with van der Waals surface area (Å²) in [5.74, 6) is -2.54. The van der Waals surface area contributed by atoms with E-state index in [1.54, 1.807) is 6.92 Å². The lowest BCUT2D eigenvalue weighted by molar-refractivity contribution is -0.148. The zero-order valence-corrected chi connectivity index (χ0v) is 13.4. The summed E-state index contributed by atoms with van der Waals surface area (Å²) in [5.41, 5.74) is -1.02. The van der Waals surface area contributed by atoms with E-state index < -0.39 is 35.7 Å². The van der Waals surface area contributed by atoms with Crippen LogP contribution in [0.4, 0.5) is 18.9 Å². The van der Waals surface area contributed by atoms with Crippen molar-refractivity contribution in [2.75, 3.05) is 11.9 Å². The second-order valence-corrected chi connectivity index (χ2v) is 4.73. The third-order valence-corrected chi connectivity index (χ3v) is 2.76. The number of carbonyl (C=O) groups is 3. The monoisotopic (exact) mass is 359 g/mol. The Morgan fingerprint density at radius 3 is 2.44 bits per heavy atom. The number of anilines is 1. The predicted molar refractivity (Wildman–Crippen MR) is 81.4 cm³/mol. The van der Waals surface area contributed by atoms with E-state index in [2.05, 4.69) is 10.1 Å². The molecule has 0 aliphatic carbocycles. The molecule has 0 radical (unpaired) electrons. The van der Waals surface area contributed by atoms with Gasteiger partial charge in [0.05, 0.1) is 12.2 Å². The minimum Gasteiger partial charge on any atom is -0.463 e. The number of esters is 2. The van der Waals surface area contributed by atoms with Gasteiger partial charge in [-0.3, -0.25) is 4.79 Å². The first-order valence-corrected chi connectivity index (χ1v) is 7.17. The van der Waals surface area contributed by atoms with E-state index in [0.29, 0.717) is 0 Å². The smallest absolute Gasteiger partial charge is 0.416 e. The molecule has 0 spiro atoms. The van der Waals surface area contributed by atoms with Gasteiger partial charge in [0.25, 0.3) is 5.91 Å². The number of ether oxygens (including phenoxy) is 2. The molecule has 0 saturated carbocycles. The van der Waals surface area contributed by atoms with Crippen molar-refractivity contribution in [2.45, 2.75) is 26.1 Å². The minimum absolute atomic E-state index is 0.0928. The van der Waals surface area contributed by atoms with Crippen LogP contribution in [0.5, 0.6) is 0 Å². The molecule has 1 amide bonds. The number of alkyl halides is 3. The second-order valence-electron chi connectivity index (χ2n) is 4.73. The zero-order chi connectivity index (χ0) is 19.0. The fourth-order valence-corrected chi connectivity index (χ4v) is 1.61. The first-order chi connectivity index (χ1) is 11.6. The van der Waals surface area contributed by atoms with E-state index in [9.17, 15) is 27.6 Å². The van der Waals surface area contributed by atoms with Crippen LogP contribution in [-0.4, -0.2) is 30.6 Å². The Labute approximate surface area is 141 Å². The molecule has 1 aromatic carbocycles. The molecule has 0 bridgehead atoms. The van der Waals surface area contributed by atoms with E-state index in [4.69, 9.17) is 4.74 Å². The van der Waals surface area contributed by atoms with Gasteiger partial charge in [0.1, 0.15) is 0 Å². The van der Waals surface area contributed by atoms with Crippen molar-refractivity contribution in [2.24, 2.45) is 0 Å². The van der Waals surface area contributed by atoms with Crippen molar-refractivity contribution in [3.05, 3.63) is 42.0 Å². The minimum atomic E-state index is -4.54. The molecular weight excluding hydrogens is 343 g/mol. The molecule has 1 atom stereocenters. The van der Waals surface area contributed by atoms with Crippen molar-refractivity contribution < 1.29 is 37.0 Å². The van der Waals surface area contributed by atoms with Gasteiger partial charge in [0, 0.05) is 17.8 Å². The third kappa shape index (κ3) is 7.06. The Bertz CT molecular complexity index is 670. The van der Waals surface area contributed by atoms with Crippen LogP contribution in [0.3, 0.4) is 0 Å². The molecule has 9 heteroatoms. The van der Waals surface area contributed by atoms with E-state index in [-0.39, 0.29) is 12.3 Å². The van der Waals surface area contributed by atoms with Gasteiger partial charge >= 0.3 is 18.1 Å². The van der Waals surface area contributed by atoms with Gasteiger partial charge in [-0.2, -0.15) is 13.2 Å². The summed E-state index contributed by atoms with van der Waals surface area (Å²) in [4.78, 5) is 34.4. The van der Waals surface area contributed by atoms with Crippen LogP contribution in [-0.2, 0) is 30.0 Å². The summed E-state index contributed by atoms with van der Waals surface area (Å²) in [6.45, 7) is 2.96. The molecule has 6 nitrogen and oxygen atoms in total. The van der Waals surface area contributed by atoms with Gasteiger partial charge in [0.15, 0.2) is 6.10 Å². The van der Waals surface area contributed by atoms with Gasteiger partial charge in [-0.05, 0) is 32.0 Å². The zero-order valence-electron chi connectivity index (χ0n) is 13.4. The summed E-state index contributed by atoms with van der Waals surface area (Å²) >= 11 is 0. The number of rotatable bonds is 6. The fourth-order valence-electron chi connectivity index (χ4n) is 1.61. The summed E-state index contributed by atoms with van der Waals surface area (Å²) in [7, 11) is 0. The van der Waals surface area contributed by atoms with Gasteiger partial charge in [-0.1, -0.05) is 6.07 Å². The molecule has 0 saturated heterocycles. The topological polar surface area (TPSA) is 81.7 Å². The van der Waals surface area contributed by atoms with Crippen molar-refractivity contribution in [3.63, 3.8) is 0 Å². The Morgan fingerprint density at radius 1 is 1.20 bits per heavy atom. The maximum atomic E-state index is 12.6. The molecule has 1 aromatic rings. The van der Waals surface area contributed by atoms with Crippen LogP contribution in [0.2, 0.25) is 0 Å². The van der Waals surface area contributed by atoms with Crippen LogP contribution in [0.15, 0.2) is 36.4 Å². The summed E-state index contributed by atoms with van der Waals surface area (Å²) in [5, 5.41) is 2.21. The van der Waals surface area contributed by atoms with E-state index in [1.165, 1.54) is 13.0 Å². The van der Waals surface area contributed by atoms with Gasteiger partial charge in [-0.25, -0.2) is 9.59 Å². The molecule has 0 aromatic heterocycles. The number of halogens is 3. The van der Waals surface area contributed by atoms with E-state index in [0.717, 1.165) is 30.4 Å². The second kappa shape index (κ2) is 8.86. The predicted octanol–water partition coefficient (Wildman–Crippen LogP) is 2.69. The molecule has 0 aliphatic heterocycles. The van der Waals surface area contributed by atoms with Crippen molar-refractivity contribution in [3.8, 4) is 0 Å². The average Bonchev–Trinajstić information content (AvgIpc) is 2.52. The first kappa shape index (κ1) is 20.2. The molecule has 0 fully saturated rings. The summed E-state index contributed by atoms with van der Waals surface area (Å²) < 4.78 is 47.1. The Morgan fingerprint density at radius 2 is 1.84 bits per heavy atom. The number of hydrogen-bond donors (Lipinski definition) is 1. The van der Waals surface area contributed by atoms with E-state index >= 15 is 0 Å². The van der Waals surface area contributed by atoms with Crippen molar-refractivity contribution in [1.82, 2.24) is 0 Å². The standard InChI is InChI=1S/C16H16F3NO5/c1-3-24-13(21)7-8-14(22)25-10(2)15(23)20-12-6-4-5-11(9-12)16(17,18)19/h4-10H,3H2,1-2H3,(H,20,23)/b8-7+/t10-/m0/s1. The van der Waals surface area contributed by atoms with Crippen LogP contribution in [0.25, 0.3) is 0 Å². The van der Waals surface area contributed by atoms with Gasteiger partial charge in [0.2, 0.25) is 0 Å². The Kier molecular flexibility index (Phi) is 7.16. The van der Waals surface area contributed by atoms with E-state index in [1.807, 2.05) is 0 Å². The highest BCUT2D eigenvalue weighted by atomic mass is 19.4. The number of carbonyl (C=O) groups excluding carboxylic acids is 3. The molecule has 25 heavy (non-hydrogen) atoms. The number of hydrogen-bond acceptors (Lipinski definition) is 5. The molecule has 1 rings (SSSR count). The maximum absolute atomic E-state index is 12.6. The van der Waals surface area contributed by atoms with Crippen molar-refractivity contribution in [1.29, 1.82) is 0 Å². The third-order valence-electron chi connectivity index (χ3n) is 2.76. The molecule has 136 valence electrons. The fraction of sp³-hybridized carbons (Fsp3) is 0.312. The molecule has 0 aliphatic rings. The van der Waals surface area contributed by atoms with Crippen LogP contribution in [0, 0.1) is 0 Å². The van der Waals surface area contributed by atoms with Crippen LogP contribution < -0.4 is 5.32 Å². The lowest BCUT2D eigenvalue weighted by atomic mass is 10.2. The highest BCUT2D eigenvalue weighted by molar-refractivity contribution is 5.97. The number of nitrogens with one attached hydrogen (secondary N) is 1. The Hall–Kier alpha value is -2.84. The Balaban J connectivity index is 2.63. The number of benzene rings is 1. The lowest BCUT2D eigenvalue weighted by Gasteiger charge is -2.13. The molecule has 0 unspecified atom stereocenters. The highest BCUT2D eigenvalue weighted by Crippen LogP contribution is 2.30. The lowest BCUT2D eigenvalue weighted by Crippen LogP contribution is -2.29. The summed E-state index contributed by atoms with van der Waals surface area (Å²) in [6.07, 6.45) is -4.21. The largest absolute Gasteiger partial charge is 0.463 e. The highest BCUT2D eigenvalue weighted by Gasteiger charge is 2.30.